The predicted molar refractivity (Wildman–Crippen MR) is 46.9 cm³/mol. The van der Waals surface area contributed by atoms with E-state index in [1.165, 1.54) is 0 Å². The Balaban J connectivity index is 2.20. The maximum atomic E-state index is 11.6. The van der Waals surface area contributed by atoms with Crippen molar-refractivity contribution in [3.63, 3.8) is 0 Å². The van der Waals surface area contributed by atoms with E-state index in [-0.39, 0.29) is 11.4 Å². The maximum absolute atomic E-state index is 11.6. The molecule has 0 amide bonds. The molecule has 1 aliphatic heterocycles. The zero-order valence-corrected chi connectivity index (χ0v) is 7.99. The summed E-state index contributed by atoms with van der Waals surface area (Å²) >= 11 is 0. The number of Topliss-reactive ketones (excluding diaryl/α,β-unsaturated/α-hetero) is 1. The van der Waals surface area contributed by atoms with Crippen LogP contribution < -0.4 is 0 Å². The Morgan fingerprint density at radius 3 is 3.07 bits per heavy atom. The lowest BCUT2D eigenvalue weighted by Crippen LogP contribution is -2.25. The summed E-state index contributed by atoms with van der Waals surface area (Å²) in [6.07, 6.45) is 1.32. The van der Waals surface area contributed by atoms with Crippen LogP contribution in [0.2, 0.25) is 0 Å². The first-order valence-corrected chi connectivity index (χ1v) is 4.88. The Kier molecular flexibility index (Phi) is 1.40. The number of ketones is 1. The Bertz CT molecular complexity index is 406. The third kappa shape index (κ3) is 0.850. The van der Waals surface area contributed by atoms with Crippen LogP contribution in [0.1, 0.15) is 35.9 Å². The van der Waals surface area contributed by atoms with Crippen molar-refractivity contribution in [3.05, 3.63) is 11.4 Å². The molecule has 1 aliphatic carbocycles. The second kappa shape index (κ2) is 2.42. The SMILES string of the molecule is CCn1nnc2c1C1(CCC2=O)CO1. The van der Waals surface area contributed by atoms with Crippen LogP contribution in [0.3, 0.4) is 0 Å². The molecule has 2 heterocycles. The average Bonchev–Trinajstić information content (AvgIpc) is 2.82. The summed E-state index contributed by atoms with van der Waals surface area (Å²) in [4.78, 5) is 11.6. The molecule has 1 atom stereocenters. The van der Waals surface area contributed by atoms with Gasteiger partial charge in [0, 0.05) is 13.0 Å². The molecular weight excluding hydrogens is 182 g/mol. The summed E-state index contributed by atoms with van der Waals surface area (Å²) < 4.78 is 7.24. The Morgan fingerprint density at radius 1 is 1.64 bits per heavy atom. The number of hydrogen-bond acceptors (Lipinski definition) is 4. The fraction of sp³-hybridized carbons (Fsp3) is 0.667. The van der Waals surface area contributed by atoms with Gasteiger partial charge in [0.1, 0.15) is 11.3 Å². The minimum Gasteiger partial charge on any atom is -0.363 e. The number of carbonyl (C=O) groups is 1. The van der Waals surface area contributed by atoms with Crippen LogP contribution in [0.4, 0.5) is 0 Å². The van der Waals surface area contributed by atoms with E-state index in [1.54, 1.807) is 4.68 Å². The molecule has 0 N–H and O–H groups in total. The normalized spacial score (nSPS) is 29.4. The first kappa shape index (κ1) is 8.11. The number of aryl methyl sites for hydroxylation is 1. The summed E-state index contributed by atoms with van der Waals surface area (Å²) in [5.41, 5.74) is 1.20. The monoisotopic (exact) mass is 193 g/mol. The van der Waals surface area contributed by atoms with Crippen LogP contribution in [-0.4, -0.2) is 27.4 Å². The van der Waals surface area contributed by atoms with Crippen molar-refractivity contribution >= 4 is 5.78 Å². The van der Waals surface area contributed by atoms with Gasteiger partial charge in [0.25, 0.3) is 0 Å². The molecule has 74 valence electrons. The zero-order chi connectivity index (χ0) is 9.76. The molecule has 14 heavy (non-hydrogen) atoms. The summed E-state index contributed by atoms with van der Waals surface area (Å²) in [7, 11) is 0. The van der Waals surface area contributed by atoms with Gasteiger partial charge >= 0.3 is 0 Å². The smallest absolute Gasteiger partial charge is 0.185 e. The average molecular weight is 193 g/mol. The predicted octanol–water partition coefficient (Wildman–Crippen LogP) is 0.500. The number of epoxide rings is 1. The molecule has 0 bridgehead atoms. The highest BCUT2D eigenvalue weighted by atomic mass is 16.6. The van der Waals surface area contributed by atoms with Crippen LogP contribution in [0, 0.1) is 0 Å². The maximum Gasteiger partial charge on any atom is 0.185 e. The molecule has 5 heteroatoms. The molecule has 1 aromatic rings. The van der Waals surface area contributed by atoms with Gasteiger partial charge in [0.05, 0.1) is 6.61 Å². The van der Waals surface area contributed by atoms with Gasteiger partial charge in [0.15, 0.2) is 11.5 Å². The fourth-order valence-electron chi connectivity index (χ4n) is 2.09. The van der Waals surface area contributed by atoms with Crippen LogP contribution in [-0.2, 0) is 16.9 Å². The van der Waals surface area contributed by atoms with E-state index >= 15 is 0 Å². The molecule has 0 aromatic carbocycles. The Hall–Kier alpha value is -1.23. The van der Waals surface area contributed by atoms with Crippen molar-refractivity contribution in [3.8, 4) is 0 Å². The van der Waals surface area contributed by atoms with Crippen LogP contribution >= 0.6 is 0 Å². The minimum absolute atomic E-state index is 0.0980. The van der Waals surface area contributed by atoms with Gasteiger partial charge in [-0.05, 0) is 13.3 Å². The number of fused-ring (bicyclic) bond motifs is 2. The largest absolute Gasteiger partial charge is 0.363 e. The highest BCUT2D eigenvalue weighted by Gasteiger charge is 2.54. The molecule has 1 saturated heterocycles. The van der Waals surface area contributed by atoms with Crippen molar-refractivity contribution in [2.24, 2.45) is 0 Å². The summed E-state index contributed by atoms with van der Waals surface area (Å²) in [6.45, 7) is 3.44. The van der Waals surface area contributed by atoms with Crippen LogP contribution in [0.15, 0.2) is 0 Å². The molecule has 1 spiro atoms. The van der Waals surface area contributed by atoms with Gasteiger partial charge in [-0.15, -0.1) is 5.10 Å². The van der Waals surface area contributed by atoms with Gasteiger partial charge in [-0.3, -0.25) is 4.79 Å². The lowest BCUT2D eigenvalue weighted by atomic mass is 9.89. The van der Waals surface area contributed by atoms with Crippen molar-refractivity contribution in [1.29, 1.82) is 0 Å². The third-order valence-corrected chi connectivity index (χ3v) is 2.98. The number of nitrogens with zero attached hydrogens (tertiary/aromatic N) is 3. The lowest BCUT2D eigenvalue weighted by molar-refractivity contribution is 0.0939. The highest BCUT2D eigenvalue weighted by Crippen LogP contribution is 2.47. The van der Waals surface area contributed by atoms with E-state index in [0.29, 0.717) is 18.7 Å². The number of ether oxygens (including phenoxy) is 1. The summed E-state index contributed by atoms with van der Waals surface area (Å²) in [6, 6.07) is 0. The Morgan fingerprint density at radius 2 is 2.43 bits per heavy atom. The topological polar surface area (TPSA) is 60.3 Å². The molecule has 1 aromatic heterocycles. The molecule has 1 fully saturated rings. The van der Waals surface area contributed by atoms with Gasteiger partial charge in [0.2, 0.25) is 0 Å². The van der Waals surface area contributed by atoms with E-state index in [9.17, 15) is 4.79 Å². The van der Waals surface area contributed by atoms with E-state index in [2.05, 4.69) is 10.3 Å². The van der Waals surface area contributed by atoms with E-state index in [4.69, 9.17) is 4.74 Å². The Labute approximate surface area is 81.0 Å². The third-order valence-electron chi connectivity index (χ3n) is 2.98. The molecule has 0 radical (unpaired) electrons. The number of carbonyl (C=O) groups excluding carboxylic acids is 1. The quantitative estimate of drug-likeness (QED) is 0.609. The molecular formula is C9H11N3O2. The van der Waals surface area contributed by atoms with Crippen molar-refractivity contribution in [1.82, 2.24) is 15.0 Å². The number of rotatable bonds is 1. The second-order valence-electron chi connectivity index (χ2n) is 3.81. The zero-order valence-electron chi connectivity index (χ0n) is 7.99. The number of hydrogen-bond donors (Lipinski definition) is 0. The van der Waals surface area contributed by atoms with E-state index < -0.39 is 0 Å². The first-order chi connectivity index (χ1) is 6.77. The van der Waals surface area contributed by atoms with Gasteiger partial charge in [-0.1, -0.05) is 5.21 Å². The molecule has 0 saturated carbocycles. The lowest BCUT2D eigenvalue weighted by Gasteiger charge is -2.17. The molecule has 3 rings (SSSR count). The highest BCUT2D eigenvalue weighted by molar-refractivity contribution is 5.96. The van der Waals surface area contributed by atoms with Crippen molar-refractivity contribution in [2.75, 3.05) is 6.61 Å². The van der Waals surface area contributed by atoms with Crippen LogP contribution in [0.25, 0.3) is 0 Å². The summed E-state index contributed by atoms with van der Waals surface area (Å²) in [5, 5.41) is 7.90. The van der Waals surface area contributed by atoms with Crippen molar-refractivity contribution in [2.45, 2.75) is 31.9 Å². The first-order valence-electron chi connectivity index (χ1n) is 4.88. The molecule has 1 unspecified atom stereocenters. The van der Waals surface area contributed by atoms with E-state index in [1.807, 2.05) is 6.92 Å². The van der Waals surface area contributed by atoms with E-state index in [0.717, 1.165) is 18.7 Å². The van der Waals surface area contributed by atoms with Gasteiger partial charge in [-0.2, -0.15) is 0 Å². The standard InChI is InChI=1S/C9H11N3O2/c1-2-12-8-7(10-11-12)6(13)3-4-9(8)5-14-9/h2-5H2,1H3. The van der Waals surface area contributed by atoms with Gasteiger partial charge < -0.3 is 4.74 Å². The summed E-state index contributed by atoms with van der Waals surface area (Å²) in [5.74, 6) is 0.0980. The fourth-order valence-corrected chi connectivity index (χ4v) is 2.09. The molecule has 5 nitrogen and oxygen atoms in total. The molecule has 2 aliphatic rings. The van der Waals surface area contributed by atoms with Crippen molar-refractivity contribution < 1.29 is 9.53 Å². The number of aromatic nitrogens is 3. The second-order valence-corrected chi connectivity index (χ2v) is 3.81. The van der Waals surface area contributed by atoms with Gasteiger partial charge in [-0.25, -0.2) is 4.68 Å². The van der Waals surface area contributed by atoms with Crippen LogP contribution in [0.5, 0.6) is 0 Å². The minimum atomic E-state index is -0.219.